The third kappa shape index (κ3) is 5.11. The number of nitrogens with two attached hydrogens (primary N) is 1. The lowest BCUT2D eigenvalue weighted by Gasteiger charge is -2.30. The highest BCUT2D eigenvalue weighted by molar-refractivity contribution is 5.80. The van der Waals surface area contributed by atoms with Crippen LogP contribution in [0, 0.1) is 11.8 Å². The monoisotopic (exact) mass is 270 g/mol. The normalized spacial score (nSPS) is 24.8. The second kappa shape index (κ2) is 7.25. The molecule has 2 unspecified atom stereocenters. The van der Waals surface area contributed by atoms with Crippen molar-refractivity contribution < 1.29 is 9.53 Å². The molecule has 0 aliphatic carbocycles. The van der Waals surface area contributed by atoms with Crippen LogP contribution in [0.5, 0.6) is 0 Å². The van der Waals surface area contributed by atoms with E-state index in [1.165, 1.54) is 19.3 Å². The molecule has 1 rings (SSSR count). The topological polar surface area (TPSA) is 55.6 Å². The standard InChI is InChI=1S/C15H30N2O2/c1-5-19-14(18)15(4,16)11-17-9-6-7-13(8-10-17)12(2)3/h12-13H,5-11,16H2,1-4H3. The first-order valence-corrected chi connectivity index (χ1v) is 7.55. The fourth-order valence-electron chi connectivity index (χ4n) is 2.83. The Morgan fingerprint density at radius 2 is 2.11 bits per heavy atom. The molecule has 0 spiro atoms. The summed E-state index contributed by atoms with van der Waals surface area (Å²) in [5, 5.41) is 0. The maximum Gasteiger partial charge on any atom is 0.327 e. The van der Waals surface area contributed by atoms with Gasteiger partial charge in [0.1, 0.15) is 5.54 Å². The lowest BCUT2D eigenvalue weighted by atomic mass is 9.89. The summed E-state index contributed by atoms with van der Waals surface area (Å²) in [7, 11) is 0. The minimum atomic E-state index is -0.895. The highest BCUT2D eigenvalue weighted by Crippen LogP contribution is 2.25. The lowest BCUT2D eigenvalue weighted by Crippen LogP contribution is -2.54. The lowest BCUT2D eigenvalue weighted by molar-refractivity contribution is -0.149. The van der Waals surface area contributed by atoms with Gasteiger partial charge < -0.3 is 15.4 Å². The molecule has 112 valence electrons. The van der Waals surface area contributed by atoms with Crippen LogP contribution in [0.2, 0.25) is 0 Å². The van der Waals surface area contributed by atoms with Gasteiger partial charge in [0.15, 0.2) is 0 Å². The first kappa shape index (κ1) is 16.4. The number of hydrogen-bond acceptors (Lipinski definition) is 4. The summed E-state index contributed by atoms with van der Waals surface area (Å²) in [6.07, 6.45) is 3.69. The van der Waals surface area contributed by atoms with Crippen molar-refractivity contribution in [3.05, 3.63) is 0 Å². The van der Waals surface area contributed by atoms with Gasteiger partial charge in [0.05, 0.1) is 6.61 Å². The fourth-order valence-corrected chi connectivity index (χ4v) is 2.83. The van der Waals surface area contributed by atoms with Crippen LogP contribution in [-0.4, -0.2) is 42.6 Å². The molecule has 4 nitrogen and oxygen atoms in total. The summed E-state index contributed by atoms with van der Waals surface area (Å²) in [5.74, 6) is 1.26. The Kier molecular flexibility index (Phi) is 6.27. The van der Waals surface area contributed by atoms with E-state index in [0.717, 1.165) is 24.9 Å². The Balaban J connectivity index is 2.50. The van der Waals surface area contributed by atoms with Crippen molar-refractivity contribution >= 4 is 5.97 Å². The maximum atomic E-state index is 11.8. The summed E-state index contributed by atoms with van der Waals surface area (Å²) < 4.78 is 5.05. The zero-order valence-corrected chi connectivity index (χ0v) is 12.9. The predicted molar refractivity (Wildman–Crippen MR) is 77.8 cm³/mol. The number of nitrogens with zero attached hydrogens (tertiary/aromatic N) is 1. The molecule has 0 saturated carbocycles. The molecule has 0 bridgehead atoms. The van der Waals surface area contributed by atoms with Crippen LogP contribution < -0.4 is 5.73 Å². The average molecular weight is 270 g/mol. The number of esters is 1. The number of hydrogen-bond donors (Lipinski definition) is 1. The number of ether oxygens (including phenoxy) is 1. The molecule has 2 N–H and O–H groups in total. The second-order valence-electron chi connectivity index (χ2n) is 6.35. The molecule has 0 aromatic carbocycles. The fraction of sp³-hybridized carbons (Fsp3) is 0.933. The van der Waals surface area contributed by atoms with Crippen LogP contribution >= 0.6 is 0 Å². The van der Waals surface area contributed by atoms with Crippen molar-refractivity contribution in [2.24, 2.45) is 17.6 Å². The van der Waals surface area contributed by atoms with E-state index in [1.54, 1.807) is 6.92 Å². The molecule has 0 amide bonds. The van der Waals surface area contributed by atoms with Crippen molar-refractivity contribution in [3.8, 4) is 0 Å². The van der Waals surface area contributed by atoms with Crippen LogP contribution in [0.1, 0.15) is 47.0 Å². The summed E-state index contributed by atoms with van der Waals surface area (Å²) in [5.41, 5.74) is 5.21. The third-order valence-corrected chi connectivity index (χ3v) is 4.10. The van der Waals surface area contributed by atoms with Gasteiger partial charge in [-0.15, -0.1) is 0 Å². The first-order chi connectivity index (χ1) is 8.86. The summed E-state index contributed by atoms with van der Waals surface area (Å²) >= 11 is 0. The van der Waals surface area contributed by atoms with Gasteiger partial charge in [0.2, 0.25) is 0 Å². The Morgan fingerprint density at radius 3 is 2.68 bits per heavy atom. The van der Waals surface area contributed by atoms with Gasteiger partial charge in [0.25, 0.3) is 0 Å². The van der Waals surface area contributed by atoms with Crippen LogP contribution in [-0.2, 0) is 9.53 Å². The molecule has 1 saturated heterocycles. The minimum absolute atomic E-state index is 0.292. The van der Waals surface area contributed by atoms with E-state index in [-0.39, 0.29) is 5.97 Å². The molecule has 0 aromatic heterocycles. The summed E-state index contributed by atoms with van der Waals surface area (Å²) in [6, 6.07) is 0. The zero-order valence-electron chi connectivity index (χ0n) is 12.9. The molecule has 1 heterocycles. The minimum Gasteiger partial charge on any atom is -0.465 e. The first-order valence-electron chi connectivity index (χ1n) is 7.55. The van der Waals surface area contributed by atoms with Gasteiger partial charge in [-0.2, -0.15) is 0 Å². The number of carbonyl (C=O) groups excluding carboxylic acids is 1. The van der Waals surface area contributed by atoms with Crippen LogP contribution in [0.3, 0.4) is 0 Å². The Labute approximate surface area is 117 Å². The molecular weight excluding hydrogens is 240 g/mol. The molecule has 0 aromatic rings. The zero-order chi connectivity index (χ0) is 14.5. The van der Waals surface area contributed by atoms with Crippen molar-refractivity contribution in [1.29, 1.82) is 0 Å². The van der Waals surface area contributed by atoms with Crippen molar-refractivity contribution in [2.45, 2.75) is 52.5 Å². The number of likely N-dealkylation sites (tertiary alicyclic amines) is 1. The van der Waals surface area contributed by atoms with Crippen molar-refractivity contribution in [2.75, 3.05) is 26.2 Å². The number of rotatable bonds is 5. The van der Waals surface area contributed by atoms with E-state index in [2.05, 4.69) is 18.7 Å². The molecule has 4 heteroatoms. The molecule has 1 fully saturated rings. The van der Waals surface area contributed by atoms with E-state index < -0.39 is 5.54 Å². The average Bonchev–Trinajstić information content (AvgIpc) is 2.54. The molecule has 1 aliphatic rings. The highest BCUT2D eigenvalue weighted by Gasteiger charge is 2.33. The van der Waals surface area contributed by atoms with Gasteiger partial charge >= 0.3 is 5.97 Å². The number of carbonyl (C=O) groups is 1. The predicted octanol–water partition coefficient (Wildman–Crippen LogP) is 2.02. The SMILES string of the molecule is CCOC(=O)C(C)(N)CN1CCCC(C(C)C)CC1. The Bertz CT molecular complexity index is 290. The van der Waals surface area contributed by atoms with E-state index in [9.17, 15) is 4.79 Å². The Hall–Kier alpha value is -0.610. The van der Waals surface area contributed by atoms with Gasteiger partial charge in [-0.25, -0.2) is 0 Å². The van der Waals surface area contributed by atoms with E-state index in [1.807, 2.05) is 6.92 Å². The third-order valence-electron chi connectivity index (χ3n) is 4.10. The molecule has 1 aliphatic heterocycles. The smallest absolute Gasteiger partial charge is 0.327 e. The van der Waals surface area contributed by atoms with Crippen LogP contribution in [0.25, 0.3) is 0 Å². The van der Waals surface area contributed by atoms with Crippen molar-refractivity contribution in [3.63, 3.8) is 0 Å². The second-order valence-corrected chi connectivity index (χ2v) is 6.35. The van der Waals surface area contributed by atoms with Crippen LogP contribution in [0.4, 0.5) is 0 Å². The maximum absolute atomic E-state index is 11.8. The molecular formula is C15H30N2O2. The van der Waals surface area contributed by atoms with E-state index in [4.69, 9.17) is 10.5 Å². The van der Waals surface area contributed by atoms with Gasteiger partial charge in [-0.05, 0) is 58.0 Å². The molecule has 2 atom stereocenters. The van der Waals surface area contributed by atoms with E-state index in [0.29, 0.717) is 13.2 Å². The van der Waals surface area contributed by atoms with Crippen molar-refractivity contribution in [1.82, 2.24) is 4.90 Å². The van der Waals surface area contributed by atoms with Gasteiger partial charge in [-0.3, -0.25) is 4.79 Å². The Morgan fingerprint density at radius 1 is 1.42 bits per heavy atom. The van der Waals surface area contributed by atoms with Crippen LogP contribution in [0.15, 0.2) is 0 Å². The molecule has 19 heavy (non-hydrogen) atoms. The molecule has 0 radical (unpaired) electrons. The van der Waals surface area contributed by atoms with Gasteiger partial charge in [-0.1, -0.05) is 13.8 Å². The quantitative estimate of drug-likeness (QED) is 0.777. The summed E-state index contributed by atoms with van der Waals surface area (Å²) in [6.45, 7) is 11.2. The largest absolute Gasteiger partial charge is 0.465 e. The summed E-state index contributed by atoms with van der Waals surface area (Å²) in [4.78, 5) is 14.1. The highest BCUT2D eigenvalue weighted by atomic mass is 16.5. The van der Waals surface area contributed by atoms with Gasteiger partial charge in [0, 0.05) is 6.54 Å². The van der Waals surface area contributed by atoms with E-state index >= 15 is 0 Å².